The van der Waals surface area contributed by atoms with Gasteiger partial charge in [0, 0.05) is 16.6 Å². The number of hydrogen-bond donors (Lipinski definition) is 0. The molecule has 0 radical (unpaired) electrons. The minimum Gasteiger partial charge on any atom is -0.378 e. The molecule has 0 heterocycles. The monoisotopic (exact) mass is 324 g/mol. The van der Waals surface area contributed by atoms with E-state index in [1.807, 2.05) is 20.8 Å². The molecule has 0 N–H and O–H groups in total. The minimum atomic E-state index is -3.49. The van der Waals surface area contributed by atoms with Crippen molar-refractivity contribution in [3.63, 3.8) is 0 Å². The van der Waals surface area contributed by atoms with Gasteiger partial charge in [-0.05, 0) is 24.2 Å². The van der Waals surface area contributed by atoms with Crippen molar-refractivity contribution in [3.8, 4) is 0 Å². The van der Waals surface area contributed by atoms with Crippen LogP contribution in [0.15, 0.2) is 0 Å². The summed E-state index contributed by atoms with van der Waals surface area (Å²) in [7, 11) is 1.94. The molecule has 0 bridgehead atoms. The van der Waals surface area contributed by atoms with Crippen LogP contribution in [0.3, 0.4) is 0 Å². The summed E-state index contributed by atoms with van der Waals surface area (Å²) in [6.45, 7) is 8.82. The fourth-order valence-corrected chi connectivity index (χ4v) is 4.42. The maximum absolute atomic E-state index is 11.4. The molecule has 3 nitrogen and oxygen atoms in total. The Hall–Kier alpha value is 0.200. The largest absolute Gasteiger partial charge is 0.378 e. The molecule has 0 aromatic heterocycles. The molecule has 1 rings (SSSR count). The predicted octanol–water partition coefficient (Wildman–Crippen LogP) is 4.20. The standard InChI is InChI=1S/C15H29ClO3S/c1-5-12-8-6-7-9-14(12)19-10-13(15(2,3)4)11-20(16,17)18/h12-14H,5-11H2,1-4H3. The molecule has 0 spiro atoms. The molecule has 0 saturated heterocycles. The minimum absolute atomic E-state index is 0.0123. The molecule has 3 atom stereocenters. The number of rotatable bonds is 6. The maximum atomic E-state index is 11.4. The van der Waals surface area contributed by atoms with E-state index in [-0.39, 0.29) is 23.2 Å². The molecule has 0 aromatic rings. The molecule has 0 aromatic carbocycles. The van der Waals surface area contributed by atoms with Crippen molar-refractivity contribution in [2.45, 2.75) is 65.9 Å². The van der Waals surface area contributed by atoms with Crippen molar-refractivity contribution in [2.24, 2.45) is 17.3 Å². The summed E-state index contributed by atoms with van der Waals surface area (Å²) in [6.07, 6.45) is 6.26. The number of halogens is 1. The van der Waals surface area contributed by atoms with Gasteiger partial charge < -0.3 is 4.74 Å². The summed E-state index contributed by atoms with van der Waals surface area (Å²) in [5, 5.41) is 0. The summed E-state index contributed by atoms with van der Waals surface area (Å²) < 4.78 is 28.8. The van der Waals surface area contributed by atoms with Crippen molar-refractivity contribution >= 4 is 19.7 Å². The van der Waals surface area contributed by atoms with E-state index in [2.05, 4.69) is 6.92 Å². The Morgan fingerprint density at radius 3 is 2.35 bits per heavy atom. The Labute approximate surface area is 128 Å². The average Bonchev–Trinajstić information content (AvgIpc) is 2.32. The Balaban J connectivity index is 2.61. The van der Waals surface area contributed by atoms with Crippen LogP contribution in [0.5, 0.6) is 0 Å². The summed E-state index contributed by atoms with van der Waals surface area (Å²) in [5.41, 5.74) is -0.127. The second-order valence-corrected chi connectivity index (χ2v) is 9.91. The third kappa shape index (κ3) is 6.31. The van der Waals surface area contributed by atoms with Gasteiger partial charge in [-0.3, -0.25) is 0 Å². The molecular formula is C15H29ClO3S. The molecule has 1 aliphatic carbocycles. The van der Waals surface area contributed by atoms with E-state index in [1.54, 1.807) is 0 Å². The zero-order valence-corrected chi connectivity index (χ0v) is 14.8. The van der Waals surface area contributed by atoms with E-state index in [9.17, 15) is 8.42 Å². The van der Waals surface area contributed by atoms with Gasteiger partial charge in [0.1, 0.15) is 0 Å². The molecule has 0 aliphatic heterocycles. The Morgan fingerprint density at radius 2 is 1.85 bits per heavy atom. The first-order valence-electron chi connectivity index (χ1n) is 7.67. The molecule has 1 fully saturated rings. The lowest BCUT2D eigenvalue weighted by Gasteiger charge is -2.35. The van der Waals surface area contributed by atoms with Crippen LogP contribution in [0.2, 0.25) is 0 Å². The van der Waals surface area contributed by atoms with Gasteiger partial charge in [0.05, 0.1) is 18.5 Å². The summed E-state index contributed by atoms with van der Waals surface area (Å²) in [4.78, 5) is 0. The summed E-state index contributed by atoms with van der Waals surface area (Å²) >= 11 is 0. The Bertz CT molecular complexity index is 386. The van der Waals surface area contributed by atoms with Gasteiger partial charge in [-0.15, -0.1) is 0 Å². The van der Waals surface area contributed by atoms with Crippen LogP contribution in [-0.4, -0.2) is 26.9 Å². The molecule has 20 heavy (non-hydrogen) atoms. The van der Waals surface area contributed by atoms with E-state index >= 15 is 0 Å². The topological polar surface area (TPSA) is 43.4 Å². The van der Waals surface area contributed by atoms with Crippen LogP contribution >= 0.6 is 10.7 Å². The van der Waals surface area contributed by atoms with Crippen LogP contribution < -0.4 is 0 Å². The van der Waals surface area contributed by atoms with Crippen molar-refractivity contribution in [1.29, 1.82) is 0 Å². The zero-order valence-electron chi connectivity index (χ0n) is 13.2. The lowest BCUT2D eigenvalue weighted by atomic mass is 9.82. The van der Waals surface area contributed by atoms with E-state index < -0.39 is 9.05 Å². The van der Waals surface area contributed by atoms with E-state index in [4.69, 9.17) is 15.4 Å². The zero-order chi connectivity index (χ0) is 15.4. The second-order valence-electron chi connectivity index (χ2n) is 7.09. The van der Waals surface area contributed by atoms with Crippen molar-refractivity contribution in [3.05, 3.63) is 0 Å². The van der Waals surface area contributed by atoms with Gasteiger partial charge in [-0.2, -0.15) is 0 Å². The van der Waals surface area contributed by atoms with E-state index in [0.29, 0.717) is 12.5 Å². The lowest BCUT2D eigenvalue weighted by molar-refractivity contribution is -0.0400. The first kappa shape index (κ1) is 18.2. The lowest BCUT2D eigenvalue weighted by Crippen LogP contribution is -2.35. The summed E-state index contributed by atoms with van der Waals surface area (Å²) in [5.74, 6) is 0.545. The number of ether oxygens (including phenoxy) is 1. The van der Waals surface area contributed by atoms with Gasteiger partial charge in [0.25, 0.3) is 0 Å². The quantitative estimate of drug-likeness (QED) is 0.688. The van der Waals surface area contributed by atoms with Crippen LogP contribution in [0.4, 0.5) is 0 Å². The molecule has 120 valence electrons. The smallest absolute Gasteiger partial charge is 0.232 e. The van der Waals surface area contributed by atoms with E-state index in [0.717, 1.165) is 12.8 Å². The summed E-state index contributed by atoms with van der Waals surface area (Å²) in [6, 6.07) is 0. The second kappa shape index (κ2) is 7.46. The van der Waals surface area contributed by atoms with Crippen LogP contribution in [-0.2, 0) is 13.8 Å². The van der Waals surface area contributed by atoms with Crippen LogP contribution in [0.1, 0.15) is 59.8 Å². The first-order chi connectivity index (χ1) is 9.13. The SMILES string of the molecule is CCC1CCCCC1OCC(CS(=O)(=O)Cl)C(C)(C)C. The molecule has 5 heteroatoms. The van der Waals surface area contributed by atoms with Crippen LogP contribution in [0.25, 0.3) is 0 Å². The molecule has 0 amide bonds. The highest BCUT2D eigenvalue weighted by Gasteiger charge is 2.31. The molecule has 3 unspecified atom stereocenters. The normalized spacial score (nSPS) is 26.4. The van der Waals surface area contributed by atoms with Gasteiger partial charge >= 0.3 is 0 Å². The van der Waals surface area contributed by atoms with Crippen molar-refractivity contribution in [2.75, 3.05) is 12.4 Å². The molecule has 1 aliphatic rings. The maximum Gasteiger partial charge on any atom is 0.232 e. The fraction of sp³-hybridized carbons (Fsp3) is 1.00. The molecule has 1 saturated carbocycles. The Morgan fingerprint density at radius 1 is 1.25 bits per heavy atom. The van der Waals surface area contributed by atoms with Crippen molar-refractivity contribution in [1.82, 2.24) is 0 Å². The van der Waals surface area contributed by atoms with Gasteiger partial charge in [0.2, 0.25) is 9.05 Å². The molecular weight excluding hydrogens is 296 g/mol. The van der Waals surface area contributed by atoms with Gasteiger partial charge in [-0.25, -0.2) is 8.42 Å². The van der Waals surface area contributed by atoms with Crippen molar-refractivity contribution < 1.29 is 13.2 Å². The average molecular weight is 325 g/mol. The highest BCUT2D eigenvalue weighted by Crippen LogP contribution is 2.33. The van der Waals surface area contributed by atoms with Gasteiger partial charge in [0.15, 0.2) is 0 Å². The highest BCUT2D eigenvalue weighted by atomic mass is 35.7. The number of hydrogen-bond acceptors (Lipinski definition) is 3. The first-order valence-corrected chi connectivity index (χ1v) is 10.1. The highest BCUT2D eigenvalue weighted by molar-refractivity contribution is 8.13. The van der Waals surface area contributed by atoms with Crippen LogP contribution in [0, 0.1) is 17.3 Å². The fourth-order valence-electron chi connectivity index (χ4n) is 2.89. The predicted molar refractivity (Wildman–Crippen MR) is 84.6 cm³/mol. The van der Waals surface area contributed by atoms with E-state index in [1.165, 1.54) is 19.3 Å². The third-order valence-electron chi connectivity index (χ3n) is 4.50. The Kier molecular flexibility index (Phi) is 6.81. The third-order valence-corrected chi connectivity index (χ3v) is 5.68. The van der Waals surface area contributed by atoms with Gasteiger partial charge in [-0.1, -0.05) is 47.0 Å².